The molecule has 1 fully saturated rings. The zero-order valence-corrected chi connectivity index (χ0v) is 25.5. The van der Waals surface area contributed by atoms with E-state index in [9.17, 15) is 8.42 Å². The highest BCUT2D eigenvalue weighted by molar-refractivity contribution is 7.89. The fraction of sp³-hybridized carbons (Fsp3) is 0.242. The zero-order valence-electron chi connectivity index (χ0n) is 24.7. The van der Waals surface area contributed by atoms with Crippen LogP contribution in [0.15, 0.2) is 77.8 Å². The van der Waals surface area contributed by atoms with Crippen molar-refractivity contribution in [1.82, 2.24) is 14.9 Å². The lowest BCUT2D eigenvalue weighted by Crippen LogP contribution is -2.39. The Kier molecular flexibility index (Phi) is 9.25. The standard InChI is InChI=1S/C33H35N7O3S/c1-22-18-25(4-3-15-34)19-23(2)31(22)43-32-30(26-7-9-27(35)10-8-26)20-37-33(39-32)38-28-13-16-40(17-14-28)21-24-5-11-29(12-6-24)44(36,41)42/h3-12,18-20,28H,13-14,16-17,21,35H2,1-2H3,(H2,36,41,42)(H,37,38,39)/b4-3+. The number of nitrogen functional groups attached to an aromatic ring is 1. The van der Waals surface area contributed by atoms with Gasteiger partial charge in [0.05, 0.1) is 16.5 Å². The lowest BCUT2D eigenvalue weighted by atomic mass is 10.0. The molecule has 0 radical (unpaired) electrons. The lowest BCUT2D eigenvalue weighted by Gasteiger charge is -2.32. The van der Waals surface area contributed by atoms with E-state index in [0.717, 1.165) is 65.9 Å². The molecule has 4 aromatic rings. The van der Waals surface area contributed by atoms with Crippen molar-refractivity contribution in [2.45, 2.75) is 44.2 Å². The van der Waals surface area contributed by atoms with Crippen LogP contribution in [0.4, 0.5) is 11.6 Å². The molecule has 226 valence electrons. The molecule has 3 aromatic carbocycles. The highest BCUT2D eigenvalue weighted by Crippen LogP contribution is 2.36. The molecule has 0 atom stereocenters. The van der Waals surface area contributed by atoms with Crippen LogP contribution in [0.5, 0.6) is 11.6 Å². The summed E-state index contributed by atoms with van der Waals surface area (Å²) in [5.74, 6) is 1.62. The van der Waals surface area contributed by atoms with Crippen molar-refractivity contribution in [3.63, 3.8) is 0 Å². The molecule has 44 heavy (non-hydrogen) atoms. The smallest absolute Gasteiger partial charge is 0.238 e. The van der Waals surface area contributed by atoms with Gasteiger partial charge in [0, 0.05) is 43.6 Å². The maximum atomic E-state index is 11.5. The van der Waals surface area contributed by atoms with Crippen LogP contribution in [0, 0.1) is 25.2 Å². The van der Waals surface area contributed by atoms with Crippen LogP contribution < -0.4 is 20.9 Å². The molecule has 5 rings (SSSR count). The summed E-state index contributed by atoms with van der Waals surface area (Å²) < 4.78 is 29.6. The number of aromatic nitrogens is 2. The third-order valence-electron chi connectivity index (χ3n) is 7.59. The van der Waals surface area contributed by atoms with E-state index in [1.54, 1.807) is 24.4 Å². The van der Waals surface area contributed by atoms with Gasteiger partial charge in [-0.1, -0.05) is 24.3 Å². The van der Waals surface area contributed by atoms with E-state index < -0.39 is 10.0 Å². The fourth-order valence-electron chi connectivity index (χ4n) is 5.31. The van der Waals surface area contributed by atoms with Crippen molar-refractivity contribution in [3.05, 3.63) is 95.2 Å². The molecular formula is C33H35N7O3S. The molecule has 11 heteroatoms. The molecule has 0 spiro atoms. The topological polar surface area (TPSA) is 160 Å². The molecule has 10 nitrogen and oxygen atoms in total. The van der Waals surface area contributed by atoms with Crippen LogP contribution in [-0.2, 0) is 16.6 Å². The molecule has 0 bridgehead atoms. The highest BCUT2D eigenvalue weighted by Gasteiger charge is 2.22. The molecule has 0 amide bonds. The van der Waals surface area contributed by atoms with E-state index in [4.69, 9.17) is 25.9 Å². The summed E-state index contributed by atoms with van der Waals surface area (Å²) in [6.07, 6.45) is 6.78. The minimum absolute atomic E-state index is 0.116. The lowest BCUT2D eigenvalue weighted by molar-refractivity contribution is 0.211. The molecule has 5 N–H and O–H groups in total. The number of nitrogens with zero attached hydrogens (tertiary/aromatic N) is 4. The average Bonchev–Trinajstić information content (AvgIpc) is 2.99. The SMILES string of the molecule is Cc1cc(/C=C/C#N)cc(C)c1Oc1nc(NC2CCN(Cc3ccc(S(N)(=O)=O)cc3)CC2)ncc1-c1ccc(N)cc1. The summed E-state index contributed by atoms with van der Waals surface area (Å²) in [6.45, 7) is 6.40. The molecule has 1 saturated heterocycles. The Balaban J connectivity index is 1.31. The summed E-state index contributed by atoms with van der Waals surface area (Å²) >= 11 is 0. The number of ether oxygens (including phenoxy) is 1. The van der Waals surface area contributed by atoms with Crippen LogP contribution in [-0.4, -0.2) is 42.4 Å². The monoisotopic (exact) mass is 609 g/mol. The van der Waals surface area contributed by atoms with Crippen LogP contribution >= 0.6 is 0 Å². The van der Waals surface area contributed by atoms with Crippen molar-refractivity contribution >= 4 is 27.7 Å². The van der Waals surface area contributed by atoms with Gasteiger partial charge in [0.15, 0.2) is 0 Å². The number of allylic oxidation sites excluding steroid dienone is 1. The van der Waals surface area contributed by atoms with Crippen LogP contribution in [0.2, 0.25) is 0 Å². The van der Waals surface area contributed by atoms with E-state index >= 15 is 0 Å². The first kappa shape index (κ1) is 30.7. The largest absolute Gasteiger partial charge is 0.438 e. The van der Waals surface area contributed by atoms with Crippen molar-refractivity contribution in [1.29, 1.82) is 5.26 Å². The van der Waals surface area contributed by atoms with Gasteiger partial charge >= 0.3 is 0 Å². The summed E-state index contributed by atoms with van der Waals surface area (Å²) in [5, 5.41) is 17.6. The first-order valence-corrected chi connectivity index (χ1v) is 15.8. The first-order valence-electron chi connectivity index (χ1n) is 14.3. The molecular weight excluding hydrogens is 574 g/mol. The number of nitriles is 1. The summed E-state index contributed by atoms with van der Waals surface area (Å²) in [5.41, 5.74) is 12.0. The summed E-state index contributed by atoms with van der Waals surface area (Å²) in [7, 11) is -3.70. The zero-order chi connectivity index (χ0) is 31.3. The van der Waals surface area contributed by atoms with Gasteiger partial charge in [-0.15, -0.1) is 0 Å². The molecule has 0 saturated carbocycles. The number of sulfonamides is 1. The Morgan fingerprint density at radius 3 is 2.34 bits per heavy atom. The van der Waals surface area contributed by atoms with E-state index in [0.29, 0.717) is 23.3 Å². The number of likely N-dealkylation sites (tertiary alicyclic amines) is 1. The number of aryl methyl sites for hydroxylation is 2. The predicted molar refractivity (Wildman–Crippen MR) is 172 cm³/mol. The Labute approximate surface area is 258 Å². The highest BCUT2D eigenvalue weighted by atomic mass is 32.2. The van der Waals surface area contributed by atoms with Gasteiger partial charge in [-0.3, -0.25) is 4.90 Å². The summed E-state index contributed by atoms with van der Waals surface area (Å²) in [4.78, 5) is 11.9. The maximum absolute atomic E-state index is 11.5. The van der Waals surface area contributed by atoms with Gasteiger partial charge in [-0.05, 0) is 97.0 Å². The predicted octanol–water partition coefficient (Wildman–Crippen LogP) is 5.40. The van der Waals surface area contributed by atoms with Gasteiger partial charge in [0.2, 0.25) is 21.9 Å². The van der Waals surface area contributed by atoms with Crippen molar-refractivity contribution < 1.29 is 13.2 Å². The minimum Gasteiger partial charge on any atom is -0.438 e. The number of anilines is 2. The van der Waals surface area contributed by atoms with Gasteiger partial charge < -0.3 is 15.8 Å². The molecule has 1 aliphatic heterocycles. The number of benzene rings is 3. The maximum Gasteiger partial charge on any atom is 0.238 e. The van der Waals surface area contributed by atoms with Crippen molar-refractivity contribution in [2.24, 2.45) is 5.14 Å². The van der Waals surface area contributed by atoms with E-state index in [1.807, 2.05) is 68.4 Å². The van der Waals surface area contributed by atoms with Crippen LogP contribution in [0.3, 0.4) is 0 Å². The number of primary sulfonamides is 1. The van der Waals surface area contributed by atoms with Crippen LogP contribution in [0.1, 0.15) is 35.1 Å². The number of hydrogen-bond acceptors (Lipinski definition) is 9. The Morgan fingerprint density at radius 1 is 1.07 bits per heavy atom. The third-order valence-corrected chi connectivity index (χ3v) is 8.52. The second kappa shape index (κ2) is 13.3. The Bertz CT molecular complexity index is 1790. The van der Waals surface area contributed by atoms with Gasteiger partial charge in [-0.2, -0.15) is 10.2 Å². The fourth-order valence-corrected chi connectivity index (χ4v) is 5.82. The second-order valence-corrected chi connectivity index (χ2v) is 12.5. The number of piperidine rings is 1. The number of hydrogen-bond donors (Lipinski definition) is 3. The second-order valence-electron chi connectivity index (χ2n) is 11.0. The number of rotatable bonds is 9. The minimum atomic E-state index is -3.70. The molecule has 0 unspecified atom stereocenters. The molecule has 1 aliphatic rings. The normalized spacial score (nSPS) is 14.4. The van der Waals surface area contributed by atoms with Crippen molar-refractivity contribution in [3.8, 4) is 28.8 Å². The number of nitrogens with one attached hydrogen (secondary N) is 1. The van der Waals surface area contributed by atoms with E-state index in [2.05, 4.69) is 15.2 Å². The van der Waals surface area contributed by atoms with Gasteiger partial charge in [-0.25, -0.2) is 18.5 Å². The Morgan fingerprint density at radius 2 is 1.73 bits per heavy atom. The van der Waals surface area contributed by atoms with Gasteiger partial charge in [0.1, 0.15) is 5.75 Å². The Hall–Kier alpha value is -4.76. The van der Waals surface area contributed by atoms with Crippen LogP contribution in [0.25, 0.3) is 17.2 Å². The molecule has 2 heterocycles. The van der Waals surface area contributed by atoms with Gasteiger partial charge in [0.25, 0.3) is 0 Å². The first-order chi connectivity index (χ1) is 21.1. The number of nitrogens with two attached hydrogens (primary N) is 2. The van der Waals surface area contributed by atoms with Crippen molar-refractivity contribution in [2.75, 3.05) is 24.1 Å². The van der Waals surface area contributed by atoms with E-state index in [-0.39, 0.29) is 10.9 Å². The average molecular weight is 610 g/mol. The third kappa shape index (κ3) is 7.60. The summed E-state index contributed by atoms with van der Waals surface area (Å²) in [6, 6.07) is 20.4. The molecule has 1 aromatic heterocycles. The quantitative estimate of drug-likeness (QED) is 0.167. The molecule has 0 aliphatic carbocycles. The van der Waals surface area contributed by atoms with E-state index in [1.165, 1.54) is 6.08 Å².